The van der Waals surface area contributed by atoms with E-state index in [4.69, 9.17) is 22.5 Å². The molecule has 5 N–H and O–H groups in total. The van der Waals surface area contributed by atoms with E-state index < -0.39 is 10.0 Å². The highest BCUT2D eigenvalue weighted by Crippen LogP contribution is 2.31. The van der Waals surface area contributed by atoms with Gasteiger partial charge < -0.3 is 11.1 Å². The van der Waals surface area contributed by atoms with Crippen LogP contribution >= 0.6 is 27.5 Å². The summed E-state index contributed by atoms with van der Waals surface area (Å²) in [5.41, 5.74) is 7.37. The van der Waals surface area contributed by atoms with Crippen molar-refractivity contribution in [1.29, 1.82) is 0 Å². The normalized spacial score (nSPS) is 11.3. The van der Waals surface area contributed by atoms with Crippen LogP contribution in [0.2, 0.25) is 5.02 Å². The number of nitrogens with two attached hydrogens (primary N) is 2. The molecule has 0 fully saturated rings. The zero-order valence-corrected chi connectivity index (χ0v) is 13.3. The average Bonchev–Trinajstić information content (AvgIpc) is 2.33. The first kappa shape index (κ1) is 15.1. The minimum atomic E-state index is -3.78. The summed E-state index contributed by atoms with van der Waals surface area (Å²) in [4.78, 5) is -0.0146. The highest BCUT2D eigenvalue weighted by atomic mass is 79.9. The standard InChI is InChI=1S/C12H11BrClN3O2S/c13-9-5-7(14)1-4-11(9)17-12-6-8(20(16,18)19)2-3-10(12)15/h1-6,17H,15H2,(H2,16,18,19). The number of hydrogen-bond acceptors (Lipinski definition) is 4. The highest BCUT2D eigenvalue weighted by Gasteiger charge is 2.11. The van der Waals surface area contributed by atoms with Gasteiger partial charge >= 0.3 is 0 Å². The van der Waals surface area contributed by atoms with E-state index in [-0.39, 0.29) is 4.90 Å². The molecule has 0 radical (unpaired) electrons. The van der Waals surface area contributed by atoms with Gasteiger partial charge in [-0.2, -0.15) is 0 Å². The number of sulfonamides is 1. The average molecular weight is 377 g/mol. The number of benzene rings is 2. The van der Waals surface area contributed by atoms with Gasteiger partial charge in [-0.3, -0.25) is 0 Å². The second-order valence-corrected chi connectivity index (χ2v) is 6.90. The van der Waals surface area contributed by atoms with Crippen molar-refractivity contribution >= 4 is 54.6 Å². The second kappa shape index (κ2) is 5.61. The van der Waals surface area contributed by atoms with Gasteiger partial charge in [-0.25, -0.2) is 13.6 Å². The van der Waals surface area contributed by atoms with Crippen LogP contribution in [0.25, 0.3) is 0 Å². The van der Waals surface area contributed by atoms with Crippen molar-refractivity contribution in [2.75, 3.05) is 11.1 Å². The van der Waals surface area contributed by atoms with Crippen LogP contribution in [0.4, 0.5) is 17.1 Å². The molecule has 0 bridgehead atoms. The van der Waals surface area contributed by atoms with Crippen molar-refractivity contribution in [3.05, 3.63) is 45.9 Å². The van der Waals surface area contributed by atoms with Crippen LogP contribution < -0.4 is 16.2 Å². The van der Waals surface area contributed by atoms with Crippen LogP contribution in [-0.2, 0) is 10.0 Å². The summed E-state index contributed by atoms with van der Waals surface area (Å²) >= 11 is 9.21. The Morgan fingerprint density at radius 1 is 1.10 bits per heavy atom. The number of nitrogens with one attached hydrogen (secondary N) is 1. The zero-order valence-electron chi connectivity index (χ0n) is 10.1. The summed E-state index contributed by atoms with van der Waals surface area (Å²) in [7, 11) is -3.78. The second-order valence-electron chi connectivity index (χ2n) is 4.04. The SMILES string of the molecule is Nc1ccc(S(N)(=O)=O)cc1Nc1ccc(Cl)cc1Br. The van der Waals surface area contributed by atoms with Crippen LogP contribution in [-0.4, -0.2) is 8.42 Å². The van der Waals surface area contributed by atoms with E-state index >= 15 is 0 Å². The monoisotopic (exact) mass is 375 g/mol. The van der Waals surface area contributed by atoms with E-state index in [0.29, 0.717) is 22.1 Å². The molecule has 2 rings (SSSR count). The molecule has 0 amide bonds. The topological polar surface area (TPSA) is 98.2 Å². The molecule has 106 valence electrons. The highest BCUT2D eigenvalue weighted by molar-refractivity contribution is 9.10. The van der Waals surface area contributed by atoms with Crippen LogP contribution in [0.5, 0.6) is 0 Å². The van der Waals surface area contributed by atoms with Gasteiger partial charge in [-0.15, -0.1) is 0 Å². The Morgan fingerprint density at radius 3 is 2.40 bits per heavy atom. The van der Waals surface area contributed by atoms with E-state index in [2.05, 4.69) is 21.2 Å². The van der Waals surface area contributed by atoms with Crippen LogP contribution in [0.3, 0.4) is 0 Å². The van der Waals surface area contributed by atoms with Crippen molar-refractivity contribution in [3.63, 3.8) is 0 Å². The fourth-order valence-electron chi connectivity index (χ4n) is 1.56. The van der Waals surface area contributed by atoms with Gasteiger partial charge in [0.25, 0.3) is 0 Å². The fourth-order valence-corrected chi connectivity index (χ4v) is 2.88. The Balaban J connectivity index is 2.43. The number of halogens is 2. The molecule has 2 aromatic carbocycles. The summed E-state index contributed by atoms with van der Waals surface area (Å²) in [5.74, 6) is 0. The van der Waals surface area contributed by atoms with Crippen LogP contribution in [0.1, 0.15) is 0 Å². The van der Waals surface area contributed by atoms with E-state index in [1.54, 1.807) is 18.2 Å². The van der Waals surface area contributed by atoms with Crippen molar-refractivity contribution < 1.29 is 8.42 Å². The molecule has 0 unspecified atom stereocenters. The summed E-state index contributed by atoms with van der Waals surface area (Å²) in [5, 5.41) is 8.70. The summed E-state index contributed by atoms with van der Waals surface area (Å²) in [6.07, 6.45) is 0. The third kappa shape index (κ3) is 3.43. The first-order valence-corrected chi connectivity index (χ1v) is 8.13. The Labute approximate surface area is 130 Å². The third-order valence-corrected chi connectivity index (χ3v) is 4.36. The molecular formula is C12H11BrClN3O2S. The smallest absolute Gasteiger partial charge is 0.238 e. The van der Waals surface area contributed by atoms with Gasteiger partial charge in [0.05, 0.1) is 22.0 Å². The molecule has 5 nitrogen and oxygen atoms in total. The quantitative estimate of drug-likeness (QED) is 0.717. The molecule has 0 heterocycles. The molecule has 0 aliphatic carbocycles. The molecule has 0 aliphatic rings. The van der Waals surface area contributed by atoms with Crippen LogP contribution in [0.15, 0.2) is 45.8 Å². The lowest BCUT2D eigenvalue weighted by Gasteiger charge is -2.12. The van der Waals surface area contributed by atoms with Gasteiger partial charge in [0.1, 0.15) is 0 Å². The Morgan fingerprint density at radius 2 is 1.80 bits per heavy atom. The molecule has 8 heteroatoms. The van der Waals surface area contributed by atoms with Gasteiger partial charge in [0, 0.05) is 9.50 Å². The van der Waals surface area contributed by atoms with Gasteiger partial charge in [-0.05, 0) is 52.3 Å². The molecule has 0 atom stereocenters. The molecule has 0 spiro atoms. The van der Waals surface area contributed by atoms with Crippen molar-refractivity contribution in [1.82, 2.24) is 0 Å². The van der Waals surface area contributed by atoms with E-state index in [1.165, 1.54) is 18.2 Å². The minimum Gasteiger partial charge on any atom is -0.397 e. The van der Waals surface area contributed by atoms with E-state index in [1.807, 2.05) is 0 Å². The number of hydrogen-bond donors (Lipinski definition) is 3. The summed E-state index contributed by atoms with van der Waals surface area (Å²) in [6, 6.07) is 9.37. The van der Waals surface area contributed by atoms with Crippen molar-refractivity contribution in [2.24, 2.45) is 5.14 Å². The minimum absolute atomic E-state index is 0.0146. The number of rotatable bonds is 3. The molecule has 0 aromatic heterocycles. The fraction of sp³-hybridized carbons (Fsp3) is 0. The Bertz CT molecular complexity index is 765. The summed E-state index contributed by atoms with van der Waals surface area (Å²) in [6.45, 7) is 0. The van der Waals surface area contributed by atoms with E-state index in [0.717, 1.165) is 4.47 Å². The largest absolute Gasteiger partial charge is 0.397 e. The zero-order chi connectivity index (χ0) is 14.9. The maximum Gasteiger partial charge on any atom is 0.238 e. The molecule has 0 saturated carbocycles. The number of nitrogen functional groups attached to an aromatic ring is 1. The lowest BCUT2D eigenvalue weighted by atomic mass is 10.2. The molecule has 0 saturated heterocycles. The number of primary sulfonamides is 1. The van der Waals surface area contributed by atoms with Gasteiger partial charge in [0.15, 0.2) is 0 Å². The maximum absolute atomic E-state index is 11.3. The predicted octanol–water partition coefficient (Wildman–Crippen LogP) is 3.08. The van der Waals surface area contributed by atoms with E-state index in [9.17, 15) is 8.42 Å². The molecule has 2 aromatic rings. The Hall–Kier alpha value is -1.28. The van der Waals surface area contributed by atoms with Crippen molar-refractivity contribution in [2.45, 2.75) is 4.90 Å². The summed E-state index contributed by atoms with van der Waals surface area (Å²) < 4.78 is 23.4. The number of anilines is 3. The van der Waals surface area contributed by atoms with Gasteiger partial charge in [0.2, 0.25) is 10.0 Å². The first-order chi connectivity index (χ1) is 9.27. The van der Waals surface area contributed by atoms with Crippen LogP contribution in [0, 0.1) is 0 Å². The van der Waals surface area contributed by atoms with Crippen molar-refractivity contribution in [3.8, 4) is 0 Å². The predicted molar refractivity (Wildman–Crippen MR) is 84.7 cm³/mol. The lowest BCUT2D eigenvalue weighted by molar-refractivity contribution is 0.598. The third-order valence-electron chi connectivity index (χ3n) is 2.55. The maximum atomic E-state index is 11.3. The lowest BCUT2D eigenvalue weighted by Crippen LogP contribution is -2.12. The Kier molecular flexibility index (Phi) is 4.24. The molecule has 20 heavy (non-hydrogen) atoms. The first-order valence-electron chi connectivity index (χ1n) is 5.42. The molecule has 0 aliphatic heterocycles. The van der Waals surface area contributed by atoms with Gasteiger partial charge in [-0.1, -0.05) is 11.6 Å². The molecular weight excluding hydrogens is 366 g/mol.